The van der Waals surface area contributed by atoms with Gasteiger partial charge in [0.25, 0.3) is 0 Å². The first-order valence-electron chi connectivity index (χ1n) is 27.9. The molecule has 0 amide bonds. The van der Waals surface area contributed by atoms with Gasteiger partial charge in [-0.1, -0.05) is 296 Å². The van der Waals surface area contributed by atoms with E-state index in [2.05, 4.69) is 251 Å². The first-order valence-corrected chi connectivity index (χ1v) is 34.5. The zero-order chi connectivity index (χ0) is 52.1. The van der Waals surface area contributed by atoms with E-state index in [1.54, 1.807) is 0 Å². The molecule has 1 aliphatic rings. The van der Waals surface area contributed by atoms with Gasteiger partial charge in [0.05, 0.1) is 0 Å². The van der Waals surface area contributed by atoms with Gasteiger partial charge < -0.3 is 24.6 Å². The van der Waals surface area contributed by atoms with Crippen molar-refractivity contribution in [3.8, 4) is 0 Å². The predicted octanol–water partition coefficient (Wildman–Crippen LogP) is 15.8. The van der Waals surface area contributed by atoms with E-state index in [0.29, 0.717) is 49.9 Å². The molecule has 1 saturated heterocycles. The van der Waals surface area contributed by atoms with E-state index >= 15 is 0 Å². The number of rotatable bonds is 25. The molecule has 5 rings (SSSR count). The third-order valence-electron chi connectivity index (χ3n) is 16.8. The van der Waals surface area contributed by atoms with Gasteiger partial charge in [-0.2, -0.15) is 21.9 Å². The second kappa shape index (κ2) is 32.1. The predicted molar refractivity (Wildman–Crippen MR) is 324 cm³/mol. The van der Waals surface area contributed by atoms with Crippen molar-refractivity contribution in [2.45, 2.75) is 187 Å². The molecule has 1 fully saturated rings. The Morgan fingerprint density at radius 3 is 0.718 bits per heavy atom. The quantitative estimate of drug-likeness (QED) is 0.0621. The van der Waals surface area contributed by atoms with Crippen LogP contribution in [0, 0.1) is 31.1 Å². The molecule has 1 heterocycles. The number of hydrogen-bond acceptors (Lipinski definition) is 2. The van der Waals surface area contributed by atoms with Crippen molar-refractivity contribution in [3.05, 3.63) is 136 Å². The van der Waals surface area contributed by atoms with Crippen LogP contribution in [0.5, 0.6) is 0 Å². The van der Waals surface area contributed by atoms with Gasteiger partial charge in [0.1, 0.15) is 6.15 Å². The average Bonchev–Trinajstić information content (AvgIpc) is 3.92. The van der Waals surface area contributed by atoms with Crippen LogP contribution in [-0.2, 0) is 4.74 Å². The normalized spacial score (nSPS) is 13.7. The first kappa shape index (κ1) is 65.6. The maximum Gasteiger partial charge on any atom is 4.00 e. The zero-order valence-electron chi connectivity index (χ0n) is 48.6. The van der Waals surface area contributed by atoms with Crippen LogP contribution in [0.25, 0.3) is 14.9 Å². The molecule has 0 bridgehead atoms. The molecule has 0 spiro atoms. The summed E-state index contributed by atoms with van der Waals surface area (Å²) >= 11 is 0. The Balaban J connectivity index is 0.000000466. The fourth-order valence-electron chi connectivity index (χ4n) is 13.8. The maximum atomic E-state index is 5.63. The number of nitrogens with zero attached hydrogens (tertiary/aromatic N) is 4. The van der Waals surface area contributed by atoms with Crippen LogP contribution < -0.4 is 21.9 Å². The summed E-state index contributed by atoms with van der Waals surface area (Å²) in [5.41, 5.74) is 11.4. The molecule has 392 valence electrons. The fraction of sp³-hybridized carbons (Fsp3) is 0.607. The molecule has 5 nitrogen and oxygen atoms in total. The SMILES string of the molecule is C1CCOC1.CC(C)[Si]([N-]CCN(CC[N-][Si](C(C)C)(C(C)C)C(C)C)CC[N-][Si](C(C)C)(C(C)C)C(C)C)(C(C)C)C(C)C.[U+4].c1ccc([B-](c2ccccc2)(c2ccccc2)c2ccccc2)cc1. The van der Waals surface area contributed by atoms with E-state index in [9.17, 15) is 0 Å². The number of ether oxygens (including phenoxy) is 1. The maximum absolute atomic E-state index is 5.63. The van der Waals surface area contributed by atoms with Gasteiger partial charge in [-0.3, -0.25) is 0 Å². The zero-order valence-corrected chi connectivity index (χ0v) is 55.8. The molecule has 0 unspecified atom stereocenters. The van der Waals surface area contributed by atoms with Crippen LogP contribution in [0.1, 0.15) is 137 Å². The monoisotopic (exact) mass is 1240 g/mol. The second-order valence-electron chi connectivity index (χ2n) is 23.4. The molecule has 71 heavy (non-hydrogen) atoms. The van der Waals surface area contributed by atoms with Gasteiger partial charge in [0, 0.05) is 13.2 Å². The van der Waals surface area contributed by atoms with Crippen molar-refractivity contribution in [3.63, 3.8) is 0 Å². The van der Waals surface area contributed by atoms with E-state index in [1.165, 1.54) is 34.7 Å². The average molecular weight is 1240 g/mol. The molecule has 0 atom stereocenters. The van der Waals surface area contributed by atoms with Crippen LogP contribution in [0.4, 0.5) is 0 Å². The summed E-state index contributed by atoms with van der Waals surface area (Å²) in [6.07, 6.45) is 1.34. The van der Waals surface area contributed by atoms with Crippen LogP contribution in [0.15, 0.2) is 121 Å². The van der Waals surface area contributed by atoms with Gasteiger partial charge in [-0.15, -0.1) is 19.6 Å². The summed E-state index contributed by atoms with van der Waals surface area (Å²) in [5, 5.41) is 0. The van der Waals surface area contributed by atoms with Crippen molar-refractivity contribution >= 4 is 52.7 Å². The van der Waals surface area contributed by atoms with E-state index < -0.39 is 30.9 Å². The smallest absolute Gasteiger partial charge is 0.663 e. The molecule has 4 aromatic carbocycles. The Kier molecular flexibility index (Phi) is 29.7. The minimum Gasteiger partial charge on any atom is -0.663 e. The molecule has 0 aliphatic carbocycles. The van der Waals surface area contributed by atoms with Crippen molar-refractivity contribution in [2.75, 3.05) is 52.5 Å². The van der Waals surface area contributed by atoms with E-state index in [1.807, 2.05) is 0 Å². The molecular formula is C61H103BN4OSi3U. The summed E-state index contributed by atoms with van der Waals surface area (Å²) in [6, 6.07) is 43.5. The summed E-state index contributed by atoms with van der Waals surface area (Å²) < 4.78 is 4.94. The summed E-state index contributed by atoms with van der Waals surface area (Å²) in [6.45, 7) is 51.7. The topological polar surface area (TPSA) is 54.8 Å². The standard InChI is InChI=1S/C33H75N4Si3.C24H20B.C4H8O.U/c1-25(2)38(26(3)4,27(5)6)34-19-22-37(23-20-35-39(28(7)8,29(9)10)30(11)12)24-21-36-40(31(13)14,32(15)16)33(17)18;1-5-13-21(14-6-1)25(22-15-7-2-8-16-22,23-17-9-3-10-18-23)24-19-11-4-12-20-24;1-2-4-5-3-1;/h25-33H,19-24H2,1-18H3;1-20H;1-4H2;/q-3;-1;;+4. The van der Waals surface area contributed by atoms with Gasteiger partial charge in [-0.25, -0.2) is 0 Å². The van der Waals surface area contributed by atoms with Crippen molar-refractivity contribution in [2.24, 2.45) is 0 Å². The molecule has 4 aromatic rings. The van der Waals surface area contributed by atoms with Crippen molar-refractivity contribution < 1.29 is 35.9 Å². The van der Waals surface area contributed by atoms with Gasteiger partial charge >= 0.3 is 31.1 Å². The molecule has 0 radical (unpaired) electrons. The Morgan fingerprint density at radius 2 is 0.563 bits per heavy atom. The fourth-order valence-corrected chi connectivity index (χ4v) is 30.5. The van der Waals surface area contributed by atoms with Crippen molar-refractivity contribution in [1.82, 2.24) is 4.90 Å². The van der Waals surface area contributed by atoms with Crippen LogP contribution in [0.2, 0.25) is 49.9 Å². The third-order valence-corrected chi connectivity index (χ3v) is 35.7. The molecule has 10 heteroatoms. The Labute approximate surface area is 466 Å². The number of benzene rings is 4. The molecule has 1 aliphatic heterocycles. The van der Waals surface area contributed by atoms with E-state index in [-0.39, 0.29) is 31.1 Å². The summed E-state index contributed by atoms with van der Waals surface area (Å²) in [5.74, 6) is 0. The van der Waals surface area contributed by atoms with Gasteiger partial charge in [0.2, 0.25) is 0 Å². The van der Waals surface area contributed by atoms with Crippen LogP contribution in [0.3, 0.4) is 0 Å². The summed E-state index contributed by atoms with van der Waals surface area (Å²) in [4.78, 5) is 19.6. The minimum absolute atomic E-state index is 0. The molecule has 0 N–H and O–H groups in total. The van der Waals surface area contributed by atoms with Gasteiger partial charge in [-0.05, 0) is 57.2 Å². The largest absolute Gasteiger partial charge is 4.00 e. The Bertz CT molecular complexity index is 1640. The molecule has 0 aromatic heterocycles. The van der Waals surface area contributed by atoms with Gasteiger partial charge in [0.15, 0.2) is 0 Å². The summed E-state index contributed by atoms with van der Waals surface area (Å²) in [7, 11) is -5.22. The first-order chi connectivity index (χ1) is 33.2. The Morgan fingerprint density at radius 1 is 0.366 bits per heavy atom. The van der Waals surface area contributed by atoms with E-state index in [4.69, 9.17) is 19.7 Å². The number of hydrogen-bond donors (Lipinski definition) is 0. The Hall–Kier alpha value is -1.55. The third kappa shape index (κ3) is 16.7. The second-order valence-corrected chi connectivity index (χ2v) is 40.0. The molecule has 0 saturated carbocycles. The van der Waals surface area contributed by atoms with Crippen LogP contribution >= 0.6 is 0 Å². The van der Waals surface area contributed by atoms with E-state index in [0.717, 1.165) is 52.5 Å². The van der Waals surface area contributed by atoms with Crippen LogP contribution in [-0.4, -0.2) is 88.2 Å². The minimum atomic E-state index is -1.74. The molecular weight excluding hydrogens is 1140 g/mol. The van der Waals surface area contributed by atoms with Crippen molar-refractivity contribution in [1.29, 1.82) is 0 Å².